The average Bonchev–Trinajstić information content (AvgIpc) is 2.63. The fraction of sp³-hybridized carbons (Fsp3) is 0.0526. The van der Waals surface area contributed by atoms with Crippen molar-refractivity contribution in [1.82, 2.24) is 0 Å². The zero-order chi connectivity index (χ0) is 17.4. The van der Waals surface area contributed by atoms with E-state index in [2.05, 4.69) is 10.6 Å². The summed E-state index contributed by atoms with van der Waals surface area (Å²) < 4.78 is 40.0. The normalized spacial score (nSPS) is 12.1. The summed E-state index contributed by atoms with van der Waals surface area (Å²) in [6.45, 7) is 0.0611. The van der Waals surface area contributed by atoms with E-state index in [4.69, 9.17) is 0 Å². The van der Waals surface area contributed by atoms with Crippen LogP contribution in [0.1, 0.15) is 5.56 Å². The first-order chi connectivity index (χ1) is 12.1. The molecule has 4 rings (SSSR count). The van der Waals surface area contributed by atoms with E-state index in [0.29, 0.717) is 0 Å². The van der Waals surface area contributed by atoms with Gasteiger partial charge in [0.25, 0.3) is 0 Å². The molecule has 0 radical (unpaired) electrons. The molecule has 0 unspecified atom stereocenters. The van der Waals surface area contributed by atoms with Gasteiger partial charge in [0.05, 0.1) is 11.4 Å². The first-order valence-corrected chi connectivity index (χ1v) is 8.47. The van der Waals surface area contributed by atoms with Crippen LogP contribution in [0, 0.1) is 17.5 Å². The van der Waals surface area contributed by atoms with Gasteiger partial charge >= 0.3 is 0 Å². The molecular weight excluding hydrogens is 345 g/mol. The lowest BCUT2D eigenvalue weighted by Gasteiger charge is -2.21. The standard InChI is InChI=1S/C19H13F3N2S/c20-13-7-5-11(18(21)19(13)22)10-23-12-6-8-17-15(9-12)24-14-3-1-2-4-16(14)25-17/h1-9,23-24H,10H2. The number of rotatable bonds is 3. The monoisotopic (exact) mass is 358 g/mol. The summed E-state index contributed by atoms with van der Waals surface area (Å²) in [5.41, 5.74) is 2.81. The molecule has 2 N–H and O–H groups in total. The molecule has 1 heterocycles. The summed E-state index contributed by atoms with van der Waals surface area (Å²) in [4.78, 5) is 2.24. The second-order valence-electron chi connectivity index (χ2n) is 5.62. The summed E-state index contributed by atoms with van der Waals surface area (Å²) in [6, 6.07) is 15.9. The van der Waals surface area contributed by atoms with Crippen LogP contribution >= 0.6 is 11.8 Å². The average molecular weight is 358 g/mol. The van der Waals surface area contributed by atoms with Gasteiger partial charge < -0.3 is 10.6 Å². The Morgan fingerprint density at radius 3 is 2.52 bits per heavy atom. The summed E-state index contributed by atoms with van der Waals surface area (Å²) in [5.74, 6) is -3.79. The van der Waals surface area contributed by atoms with Gasteiger partial charge in [-0.15, -0.1) is 0 Å². The number of fused-ring (bicyclic) bond motifs is 2. The van der Waals surface area contributed by atoms with E-state index in [1.165, 1.54) is 6.07 Å². The molecule has 25 heavy (non-hydrogen) atoms. The SMILES string of the molecule is Fc1ccc(CNc2ccc3c(c2)Nc2ccccc2S3)c(F)c1F. The molecule has 126 valence electrons. The van der Waals surface area contributed by atoms with E-state index < -0.39 is 17.5 Å². The Balaban J connectivity index is 1.53. The first-order valence-electron chi connectivity index (χ1n) is 7.66. The number of benzene rings is 3. The second kappa shape index (κ2) is 6.37. The third-order valence-electron chi connectivity index (χ3n) is 3.95. The van der Waals surface area contributed by atoms with Gasteiger partial charge in [-0.1, -0.05) is 30.0 Å². The van der Waals surface area contributed by atoms with Crippen molar-refractivity contribution in [3.8, 4) is 0 Å². The lowest BCUT2D eigenvalue weighted by Crippen LogP contribution is -2.06. The van der Waals surface area contributed by atoms with Crippen LogP contribution in [-0.4, -0.2) is 0 Å². The molecule has 0 saturated heterocycles. The van der Waals surface area contributed by atoms with Gasteiger partial charge in [0, 0.05) is 27.6 Å². The molecule has 0 aromatic heterocycles. The third kappa shape index (κ3) is 3.05. The fourth-order valence-electron chi connectivity index (χ4n) is 2.65. The molecule has 1 aliphatic heterocycles. The lowest BCUT2D eigenvalue weighted by molar-refractivity contribution is 0.442. The zero-order valence-electron chi connectivity index (χ0n) is 12.9. The van der Waals surface area contributed by atoms with Gasteiger partial charge in [0.2, 0.25) is 0 Å². The van der Waals surface area contributed by atoms with Gasteiger partial charge in [-0.25, -0.2) is 13.2 Å². The van der Waals surface area contributed by atoms with E-state index >= 15 is 0 Å². The molecule has 3 aromatic rings. The van der Waals surface area contributed by atoms with Crippen LogP contribution in [0.5, 0.6) is 0 Å². The highest BCUT2D eigenvalue weighted by Gasteiger charge is 2.16. The Morgan fingerprint density at radius 1 is 0.840 bits per heavy atom. The van der Waals surface area contributed by atoms with Crippen LogP contribution in [0.2, 0.25) is 0 Å². The van der Waals surface area contributed by atoms with Crippen LogP contribution < -0.4 is 10.6 Å². The topological polar surface area (TPSA) is 24.1 Å². The maximum atomic E-state index is 13.7. The molecular formula is C19H13F3N2S. The van der Waals surface area contributed by atoms with Crippen molar-refractivity contribution in [3.63, 3.8) is 0 Å². The van der Waals surface area contributed by atoms with Crippen molar-refractivity contribution >= 4 is 28.8 Å². The van der Waals surface area contributed by atoms with E-state index in [1.807, 2.05) is 42.5 Å². The van der Waals surface area contributed by atoms with Crippen molar-refractivity contribution in [1.29, 1.82) is 0 Å². The summed E-state index contributed by atoms with van der Waals surface area (Å²) >= 11 is 1.67. The van der Waals surface area contributed by atoms with Crippen molar-refractivity contribution in [3.05, 3.63) is 77.6 Å². The molecule has 3 aromatic carbocycles. The molecule has 0 atom stereocenters. The van der Waals surface area contributed by atoms with Crippen LogP contribution in [0.15, 0.2) is 64.4 Å². The Morgan fingerprint density at radius 2 is 1.64 bits per heavy atom. The molecule has 0 saturated carbocycles. The van der Waals surface area contributed by atoms with E-state index in [1.54, 1.807) is 11.8 Å². The Labute approximate surface area is 147 Å². The highest BCUT2D eigenvalue weighted by Crippen LogP contribution is 2.44. The summed E-state index contributed by atoms with van der Waals surface area (Å²) in [7, 11) is 0. The van der Waals surface area contributed by atoms with Crippen LogP contribution in [0.25, 0.3) is 0 Å². The Bertz CT molecular complexity index is 959. The maximum Gasteiger partial charge on any atom is 0.194 e. The minimum absolute atomic E-state index is 0.0611. The van der Waals surface area contributed by atoms with E-state index in [-0.39, 0.29) is 12.1 Å². The van der Waals surface area contributed by atoms with Crippen molar-refractivity contribution in [2.45, 2.75) is 16.3 Å². The third-order valence-corrected chi connectivity index (χ3v) is 5.11. The smallest absolute Gasteiger partial charge is 0.194 e. The molecule has 2 nitrogen and oxygen atoms in total. The first kappa shape index (κ1) is 15.9. The molecule has 1 aliphatic rings. The summed E-state index contributed by atoms with van der Waals surface area (Å²) in [6.07, 6.45) is 0. The molecule has 0 amide bonds. The minimum Gasteiger partial charge on any atom is -0.381 e. The van der Waals surface area contributed by atoms with Gasteiger partial charge in [-0.2, -0.15) is 0 Å². The largest absolute Gasteiger partial charge is 0.381 e. The van der Waals surface area contributed by atoms with Gasteiger partial charge in [0.15, 0.2) is 17.5 Å². The van der Waals surface area contributed by atoms with Gasteiger partial charge in [-0.05, 0) is 36.4 Å². The quantitative estimate of drug-likeness (QED) is 0.444. The van der Waals surface area contributed by atoms with Crippen LogP contribution in [0.3, 0.4) is 0 Å². The second-order valence-corrected chi connectivity index (χ2v) is 6.71. The maximum absolute atomic E-state index is 13.7. The minimum atomic E-state index is -1.44. The number of halogens is 3. The lowest BCUT2D eigenvalue weighted by atomic mass is 10.2. The number of para-hydroxylation sites is 1. The Hall–Kier alpha value is -2.60. The number of hydrogen-bond donors (Lipinski definition) is 2. The predicted octanol–water partition coefficient (Wildman–Crippen LogP) is 5.92. The van der Waals surface area contributed by atoms with Crippen LogP contribution in [-0.2, 0) is 6.54 Å². The Kier molecular flexibility index (Phi) is 4.05. The predicted molar refractivity (Wildman–Crippen MR) is 93.9 cm³/mol. The van der Waals surface area contributed by atoms with Gasteiger partial charge in [-0.3, -0.25) is 0 Å². The highest BCUT2D eigenvalue weighted by atomic mass is 32.2. The zero-order valence-corrected chi connectivity index (χ0v) is 13.8. The molecule has 0 bridgehead atoms. The molecule has 0 aliphatic carbocycles. The molecule has 0 spiro atoms. The van der Waals surface area contributed by atoms with E-state index in [0.717, 1.165) is 32.9 Å². The van der Waals surface area contributed by atoms with E-state index in [9.17, 15) is 13.2 Å². The van der Waals surface area contributed by atoms with Crippen molar-refractivity contribution in [2.75, 3.05) is 10.6 Å². The highest BCUT2D eigenvalue weighted by molar-refractivity contribution is 7.99. The molecule has 0 fully saturated rings. The van der Waals surface area contributed by atoms with Crippen molar-refractivity contribution < 1.29 is 13.2 Å². The van der Waals surface area contributed by atoms with Crippen LogP contribution in [0.4, 0.5) is 30.2 Å². The number of nitrogens with one attached hydrogen (secondary N) is 2. The van der Waals surface area contributed by atoms with Gasteiger partial charge in [0.1, 0.15) is 0 Å². The number of hydrogen-bond acceptors (Lipinski definition) is 3. The number of anilines is 3. The van der Waals surface area contributed by atoms with Crippen molar-refractivity contribution in [2.24, 2.45) is 0 Å². The summed E-state index contributed by atoms with van der Waals surface area (Å²) in [5, 5.41) is 6.41. The fourth-order valence-corrected chi connectivity index (χ4v) is 3.62. The molecule has 6 heteroatoms.